The number of ether oxygens (including phenoxy) is 1. The van der Waals surface area contributed by atoms with Gasteiger partial charge >= 0.3 is 0 Å². The summed E-state index contributed by atoms with van der Waals surface area (Å²) in [6.07, 6.45) is 2.28. The van der Waals surface area contributed by atoms with E-state index in [0.717, 1.165) is 22.9 Å². The lowest BCUT2D eigenvalue weighted by molar-refractivity contribution is 0.393. The van der Waals surface area contributed by atoms with Crippen molar-refractivity contribution in [3.8, 4) is 5.75 Å². The first-order chi connectivity index (χ1) is 10.1. The van der Waals surface area contributed by atoms with Crippen molar-refractivity contribution in [3.63, 3.8) is 0 Å². The second-order valence-corrected chi connectivity index (χ2v) is 7.42. The molecular formula is C17H20ClNOS. The third-order valence-corrected chi connectivity index (χ3v) is 5.49. The van der Waals surface area contributed by atoms with Crippen LogP contribution in [0, 0.1) is 6.92 Å². The van der Waals surface area contributed by atoms with Crippen molar-refractivity contribution in [1.29, 1.82) is 0 Å². The standard InChI is InChI=1S/C17H20ClNOS/c1-10-4-6-15(20-3)12(8-10)11(2)19-14-5-7-16-13(14)9-17(18)21-16/h4,6,8-9,11,14,19H,5,7H2,1-3H3. The molecule has 2 aromatic rings. The van der Waals surface area contributed by atoms with E-state index in [1.807, 2.05) is 6.07 Å². The molecule has 112 valence electrons. The molecule has 1 aliphatic carbocycles. The van der Waals surface area contributed by atoms with E-state index in [4.69, 9.17) is 16.3 Å². The average molecular weight is 322 g/mol. The first-order valence-corrected chi connectivity index (χ1v) is 8.46. The van der Waals surface area contributed by atoms with Crippen LogP contribution in [-0.2, 0) is 6.42 Å². The fraction of sp³-hybridized carbons (Fsp3) is 0.412. The van der Waals surface area contributed by atoms with Crippen LogP contribution in [0.15, 0.2) is 24.3 Å². The lowest BCUT2D eigenvalue weighted by Crippen LogP contribution is -2.23. The maximum Gasteiger partial charge on any atom is 0.123 e. The van der Waals surface area contributed by atoms with Crippen LogP contribution >= 0.6 is 22.9 Å². The first-order valence-electron chi connectivity index (χ1n) is 7.27. The van der Waals surface area contributed by atoms with Crippen LogP contribution in [-0.4, -0.2) is 7.11 Å². The number of thiophene rings is 1. The summed E-state index contributed by atoms with van der Waals surface area (Å²) in [5.41, 5.74) is 3.85. The number of hydrogen-bond acceptors (Lipinski definition) is 3. The summed E-state index contributed by atoms with van der Waals surface area (Å²) < 4.78 is 6.40. The summed E-state index contributed by atoms with van der Waals surface area (Å²) in [7, 11) is 1.73. The molecule has 0 aliphatic heterocycles. The third-order valence-electron chi connectivity index (χ3n) is 4.15. The molecule has 3 rings (SSSR count). The van der Waals surface area contributed by atoms with Crippen LogP contribution in [0.2, 0.25) is 4.34 Å². The van der Waals surface area contributed by atoms with Gasteiger partial charge in [0.15, 0.2) is 0 Å². The van der Waals surface area contributed by atoms with E-state index in [-0.39, 0.29) is 6.04 Å². The molecule has 1 aromatic heterocycles. The van der Waals surface area contributed by atoms with Crippen molar-refractivity contribution in [3.05, 3.63) is 50.2 Å². The van der Waals surface area contributed by atoms with Gasteiger partial charge in [-0.1, -0.05) is 29.3 Å². The maximum absolute atomic E-state index is 6.14. The number of benzene rings is 1. The Balaban J connectivity index is 1.81. The Bertz CT molecular complexity index is 652. The molecule has 1 N–H and O–H groups in total. The first kappa shape index (κ1) is 14.9. The Morgan fingerprint density at radius 2 is 2.19 bits per heavy atom. The summed E-state index contributed by atoms with van der Waals surface area (Å²) in [6, 6.07) is 9.09. The number of nitrogens with one attached hydrogen (secondary N) is 1. The van der Waals surface area contributed by atoms with Gasteiger partial charge in [0.05, 0.1) is 11.4 Å². The van der Waals surface area contributed by atoms with Crippen molar-refractivity contribution in [2.45, 2.75) is 38.8 Å². The fourth-order valence-electron chi connectivity index (χ4n) is 3.09. The van der Waals surface area contributed by atoms with Gasteiger partial charge < -0.3 is 10.1 Å². The molecule has 2 unspecified atom stereocenters. The zero-order valence-electron chi connectivity index (χ0n) is 12.6. The molecule has 0 saturated carbocycles. The van der Waals surface area contributed by atoms with Gasteiger partial charge in [0, 0.05) is 22.5 Å². The quantitative estimate of drug-likeness (QED) is 0.850. The van der Waals surface area contributed by atoms with Crippen LogP contribution < -0.4 is 10.1 Å². The number of halogens is 1. The highest BCUT2D eigenvalue weighted by Gasteiger charge is 2.27. The van der Waals surface area contributed by atoms with E-state index in [1.165, 1.54) is 21.6 Å². The zero-order chi connectivity index (χ0) is 15.0. The number of methoxy groups -OCH3 is 1. The molecule has 1 aromatic carbocycles. The molecule has 0 fully saturated rings. The molecule has 0 amide bonds. The molecule has 21 heavy (non-hydrogen) atoms. The van der Waals surface area contributed by atoms with E-state index in [9.17, 15) is 0 Å². The zero-order valence-corrected chi connectivity index (χ0v) is 14.1. The highest BCUT2D eigenvalue weighted by molar-refractivity contribution is 7.16. The van der Waals surface area contributed by atoms with Gasteiger partial charge in [-0.25, -0.2) is 0 Å². The molecule has 2 atom stereocenters. The van der Waals surface area contributed by atoms with Crippen molar-refractivity contribution in [1.82, 2.24) is 5.32 Å². The molecule has 0 saturated heterocycles. The predicted molar refractivity (Wildman–Crippen MR) is 89.7 cm³/mol. The number of hydrogen-bond donors (Lipinski definition) is 1. The summed E-state index contributed by atoms with van der Waals surface area (Å²) >= 11 is 7.85. The van der Waals surface area contributed by atoms with Crippen LogP contribution in [0.4, 0.5) is 0 Å². The summed E-state index contributed by atoms with van der Waals surface area (Å²) in [5, 5.41) is 3.73. The Morgan fingerprint density at radius 3 is 2.95 bits per heavy atom. The predicted octanol–water partition coefficient (Wildman–Crippen LogP) is 5.06. The molecule has 2 nitrogen and oxygen atoms in total. The SMILES string of the molecule is COc1ccc(C)cc1C(C)NC1CCc2sc(Cl)cc21. The molecular weight excluding hydrogens is 302 g/mol. The largest absolute Gasteiger partial charge is 0.496 e. The smallest absolute Gasteiger partial charge is 0.123 e. The van der Waals surface area contributed by atoms with Crippen LogP contribution in [0.25, 0.3) is 0 Å². The number of aryl methyl sites for hydroxylation is 2. The highest BCUT2D eigenvalue weighted by atomic mass is 35.5. The average Bonchev–Trinajstić information content (AvgIpc) is 2.99. The van der Waals surface area contributed by atoms with E-state index >= 15 is 0 Å². The van der Waals surface area contributed by atoms with Gasteiger partial charge in [0.1, 0.15) is 5.75 Å². The molecule has 1 heterocycles. The van der Waals surface area contributed by atoms with Gasteiger partial charge in [-0.3, -0.25) is 0 Å². The summed E-state index contributed by atoms with van der Waals surface area (Å²) in [5.74, 6) is 0.946. The van der Waals surface area contributed by atoms with Gasteiger partial charge in [0.25, 0.3) is 0 Å². The lowest BCUT2D eigenvalue weighted by Gasteiger charge is -2.22. The molecule has 4 heteroatoms. The minimum Gasteiger partial charge on any atom is -0.496 e. The van der Waals surface area contributed by atoms with Gasteiger partial charge in [-0.15, -0.1) is 11.3 Å². The van der Waals surface area contributed by atoms with Crippen LogP contribution in [0.3, 0.4) is 0 Å². The Labute approximate surface area is 135 Å². The number of fused-ring (bicyclic) bond motifs is 1. The van der Waals surface area contributed by atoms with Crippen molar-refractivity contribution >= 4 is 22.9 Å². The monoisotopic (exact) mass is 321 g/mol. The Hall–Kier alpha value is -1.03. The Kier molecular flexibility index (Phi) is 4.25. The fourth-order valence-corrected chi connectivity index (χ4v) is 4.44. The van der Waals surface area contributed by atoms with Crippen molar-refractivity contribution < 1.29 is 4.74 Å². The third kappa shape index (κ3) is 2.96. The second kappa shape index (κ2) is 5.99. The van der Waals surface area contributed by atoms with Gasteiger partial charge in [0.2, 0.25) is 0 Å². The minimum absolute atomic E-state index is 0.245. The second-order valence-electron chi connectivity index (χ2n) is 5.65. The van der Waals surface area contributed by atoms with Gasteiger partial charge in [-0.05, 0) is 44.4 Å². The molecule has 0 bridgehead atoms. The maximum atomic E-state index is 6.14. The van der Waals surface area contributed by atoms with Crippen LogP contribution in [0.5, 0.6) is 5.75 Å². The molecule has 1 aliphatic rings. The number of rotatable bonds is 4. The van der Waals surface area contributed by atoms with Crippen molar-refractivity contribution in [2.75, 3.05) is 7.11 Å². The Morgan fingerprint density at radius 1 is 1.38 bits per heavy atom. The van der Waals surface area contributed by atoms with E-state index < -0.39 is 0 Å². The highest BCUT2D eigenvalue weighted by Crippen LogP contribution is 2.40. The summed E-state index contributed by atoms with van der Waals surface area (Å²) in [4.78, 5) is 1.43. The van der Waals surface area contributed by atoms with Gasteiger partial charge in [-0.2, -0.15) is 0 Å². The lowest BCUT2D eigenvalue weighted by atomic mass is 10.0. The van der Waals surface area contributed by atoms with Crippen molar-refractivity contribution in [2.24, 2.45) is 0 Å². The molecule has 0 spiro atoms. The van der Waals surface area contributed by atoms with E-state index in [2.05, 4.69) is 37.4 Å². The minimum atomic E-state index is 0.245. The normalized spacial score (nSPS) is 18.6. The topological polar surface area (TPSA) is 21.3 Å². The summed E-state index contributed by atoms with van der Waals surface area (Å²) in [6.45, 7) is 4.31. The molecule has 0 radical (unpaired) electrons. The van der Waals surface area contributed by atoms with E-state index in [1.54, 1.807) is 18.4 Å². The van der Waals surface area contributed by atoms with E-state index in [0.29, 0.717) is 6.04 Å². The van der Waals surface area contributed by atoms with Crippen LogP contribution in [0.1, 0.15) is 47.0 Å².